The molecule has 2 heterocycles. The molecule has 0 unspecified atom stereocenters. The van der Waals surface area contributed by atoms with Crippen molar-refractivity contribution in [2.45, 2.75) is 13.1 Å². The number of hydrogen-bond acceptors (Lipinski definition) is 3. The zero-order chi connectivity index (χ0) is 13.7. The Morgan fingerprint density at radius 1 is 1.53 bits per heavy atom. The predicted octanol–water partition coefficient (Wildman–Crippen LogP) is 1.22. The van der Waals surface area contributed by atoms with Crippen LogP contribution >= 0.6 is 0 Å². The van der Waals surface area contributed by atoms with E-state index in [0.717, 1.165) is 18.2 Å². The standard InChI is InChI=1S/C13H19N5O/c1-14-13(15-8-11-4-6-17(2)9-11)18(3)10-12-5-7-19-16-12/h4-7,9H,8,10H2,1-3H3,(H,14,15). The molecular weight excluding hydrogens is 242 g/mol. The summed E-state index contributed by atoms with van der Waals surface area (Å²) >= 11 is 0. The van der Waals surface area contributed by atoms with Gasteiger partial charge < -0.3 is 19.3 Å². The first-order valence-electron chi connectivity index (χ1n) is 6.11. The molecule has 0 saturated carbocycles. The van der Waals surface area contributed by atoms with Gasteiger partial charge in [0.2, 0.25) is 0 Å². The van der Waals surface area contributed by atoms with Gasteiger partial charge in [0.1, 0.15) is 12.0 Å². The normalized spacial score (nSPS) is 11.6. The second kappa shape index (κ2) is 6.08. The highest BCUT2D eigenvalue weighted by Crippen LogP contribution is 2.02. The van der Waals surface area contributed by atoms with Crippen LogP contribution in [0.25, 0.3) is 0 Å². The number of aryl methyl sites for hydroxylation is 1. The van der Waals surface area contributed by atoms with E-state index in [2.05, 4.69) is 27.7 Å². The van der Waals surface area contributed by atoms with Crippen LogP contribution in [0.3, 0.4) is 0 Å². The summed E-state index contributed by atoms with van der Waals surface area (Å²) in [5, 5.41) is 7.21. The molecule has 2 aromatic rings. The molecule has 0 bridgehead atoms. The third-order valence-corrected chi connectivity index (χ3v) is 2.81. The average molecular weight is 261 g/mol. The Labute approximate surface area is 112 Å². The van der Waals surface area contributed by atoms with E-state index >= 15 is 0 Å². The van der Waals surface area contributed by atoms with Gasteiger partial charge in [-0.15, -0.1) is 0 Å². The van der Waals surface area contributed by atoms with Crippen molar-refractivity contribution in [3.63, 3.8) is 0 Å². The van der Waals surface area contributed by atoms with Gasteiger partial charge >= 0.3 is 0 Å². The van der Waals surface area contributed by atoms with Crippen LogP contribution in [0.1, 0.15) is 11.3 Å². The van der Waals surface area contributed by atoms with Crippen molar-refractivity contribution >= 4 is 5.96 Å². The molecule has 0 radical (unpaired) electrons. The SMILES string of the molecule is CN=C(NCc1ccn(C)c1)N(C)Cc1ccon1. The Kier molecular flexibility index (Phi) is 4.22. The van der Waals surface area contributed by atoms with Crippen molar-refractivity contribution in [1.29, 1.82) is 0 Å². The Morgan fingerprint density at radius 3 is 2.95 bits per heavy atom. The van der Waals surface area contributed by atoms with E-state index in [0.29, 0.717) is 6.54 Å². The molecule has 6 heteroatoms. The number of nitrogens with zero attached hydrogens (tertiary/aromatic N) is 4. The fourth-order valence-corrected chi connectivity index (χ4v) is 1.87. The molecule has 0 amide bonds. The van der Waals surface area contributed by atoms with Crippen LogP contribution in [0.4, 0.5) is 0 Å². The highest BCUT2D eigenvalue weighted by atomic mass is 16.5. The molecular formula is C13H19N5O. The summed E-state index contributed by atoms with van der Waals surface area (Å²) < 4.78 is 6.85. The van der Waals surface area contributed by atoms with E-state index in [9.17, 15) is 0 Å². The van der Waals surface area contributed by atoms with Gasteiger partial charge in [0.05, 0.1) is 6.54 Å². The van der Waals surface area contributed by atoms with Gasteiger partial charge in [0.25, 0.3) is 0 Å². The van der Waals surface area contributed by atoms with Gasteiger partial charge in [-0.2, -0.15) is 0 Å². The number of aromatic nitrogens is 2. The molecule has 0 saturated heterocycles. The second-order valence-corrected chi connectivity index (χ2v) is 4.43. The zero-order valence-electron chi connectivity index (χ0n) is 11.5. The molecule has 0 atom stereocenters. The summed E-state index contributed by atoms with van der Waals surface area (Å²) in [6.45, 7) is 1.40. The third kappa shape index (κ3) is 3.61. The van der Waals surface area contributed by atoms with Crippen LogP contribution in [0, 0.1) is 0 Å². The van der Waals surface area contributed by atoms with Crippen molar-refractivity contribution in [2.75, 3.05) is 14.1 Å². The van der Waals surface area contributed by atoms with Crippen molar-refractivity contribution in [3.8, 4) is 0 Å². The highest BCUT2D eigenvalue weighted by Gasteiger charge is 2.08. The van der Waals surface area contributed by atoms with Gasteiger partial charge in [-0.3, -0.25) is 4.99 Å². The maximum atomic E-state index is 4.82. The smallest absolute Gasteiger partial charge is 0.194 e. The molecule has 2 rings (SSSR count). The van der Waals surface area contributed by atoms with Crippen LogP contribution in [0.15, 0.2) is 40.3 Å². The monoisotopic (exact) mass is 261 g/mol. The lowest BCUT2D eigenvalue weighted by Gasteiger charge is -2.20. The predicted molar refractivity (Wildman–Crippen MR) is 73.6 cm³/mol. The van der Waals surface area contributed by atoms with Crippen LogP contribution in [-0.4, -0.2) is 34.7 Å². The van der Waals surface area contributed by atoms with E-state index in [1.54, 1.807) is 13.3 Å². The average Bonchev–Trinajstić information content (AvgIpc) is 3.02. The van der Waals surface area contributed by atoms with E-state index in [-0.39, 0.29) is 0 Å². The summed E-state index contributed by atoms with van der Waals surface area (Å²) in [5.74, 6) is 0.826. The van der Waals surface area contributed by atoms with E-state index < -0.39 is 0 Å². The first-order valence-corrected chi connectivity index (χ1v) is 6.11. The Morgan fingerprint density at radius 2 is 2.37 bits per heavy atom. The lowest BCUT2D eigenvalue weighted by atomic mass is 10.3. The fraction of sp³-hybridized carbons (Fsp3) is 0.385. The van der Waals surface area contributed by atoms with Gasteiger partial charge in [-0.05, 0) is 11.6 Å². The van der Waals surface area contributed by atoms with Crippen molar-refractivity contribution in [3.05, 3.63) is 42.0 Å². The first kappa shape index (κ1) is 13.2. The minimum absolute atomic E-state index is 0.658. The lowest BCUT2D eigenvalue weighted by molar-refractivity contribution is 0.391. The topological polar surface area (TPSA) is 58.6 Å². The van der Waals surface area contributed by atoms with E-state index in [1.165, 1.54) is 5.56 Å². The van der Waals surface area contributed by atoms with Crippen molar-refractivity contribution in [2.24, 2.45) is 12.0 Å². The highest BCUT2D eigenvalue weighted by molar-refractivity contribution is 5.79. The Bertz CT molecular complexity index is 529. The van der Waals surface area contributed by atoms with Crippen LogP contribution in [-0.2, 0) is 20.1 Å². The zero-order valence-corrected chi connectivity index (χ0v) is 11.5. The minimum atomic E-state index is 0.658. The molecule has 6 nitrogen and oxygen atoms in total. The molecule has 0 spiro atoms. The quantitative estimate of drug-likeness (QED) is 0.664. The third-order valence-electron chi connectivity index (χ3n) is 2.81. The van der Waals surface area contributed by atoms with Crippen LogP contribution < -0.4 is 5.32 Å². The molecule has 1 N–H and O–H groups in total. The molecule has 0 aliphatic rings. The summed E-state index contributed by atoms with van der Waals surface area (Å²) in [6, 6.07) is 3.93. The number of aliphatic imine (C=N–C) groups is 1. The molecule has 19 heavy (non-hydrogen) atoms. The Hall–Kier alpha value is -2.24. The van der Waals surface area contributed by atoms with Gasteiger partial charge in [-0.1, -0.05) is 5.16 Å². The second-order valence-electron chi connectivity index (χ2n) is 4.43. The van der Waals surface area contributed by atoms with E-state index in [1.807, 2.05) is 35.8 Å². The van der Waals surface area contributed by atoms with E-state index in [4.69, 9.17) is 4.52 Å². The number of rotatable bonds is 4. The number of guanidine groups is 1. The minimum Gasteiger partial charge on any atom is -0.364 e. The summed E-state index contributed by atoms with van der Waals surface area (Å²) in [5.41, 5.74) is 2.10. The van der Waals surface area contributed by atoms with Gasteiger partial charge in [-0.25, -0.2) is 0 Å². The van der Waals surface area contributed by atoms with Gasteiger partial charge in [0, 0.05) is 46.1 Å². The number of hydrogen-bond donors (Lipinski definition) is 1. The van der Waals surface area contributed by atoms with Crippen molar-refractivity contribution in [1.82, 2.24) is 19.9 Å². The lowest BCUT2D eigenvalue weighted by Crippen LogP contribution is -2.38. The fourth-order valence-electron chi connectivity index (χ4n) is 1.87. The van der Waals surface area contributed by atoms with Crippen LogP contribution in [0.2, 0.25) is 0 Å². The summed E-state index contributed by atoms with van der Waals surface area (Å²) in [6.07, 6.45) is 5.68. The molecule has 0 aliphatic carbocycles. The molecule has 2 aromatic heterocycles. The molecule has 0 aliphatic heterocycles. The summed E-state index contributed by atoms with van der Waals surface area (Å²) in [4.78, 5) is 6.26. The number of nitrogens with one attached hydrogen (secondary N) is 1. The molecule has 102 valence electrons. The summed E-state index contributed by atoms with van der Waals surface area (Å²) in [7, 11) is 5.75. The van der Waals surface area contributed by atoms with Gasteiger partial charge in [0.15, 0.2) is 5.96 Å². The first-order chi connectivity index (χ1) is 9.19. The van der Waals surface area contributed by atoms with Crippen molar-refractivity contribution < 1.29 is 4.52 Å². The molecule has 0 aromatic carbocycles. The maximum Gasteiger partial charge on any atom is 0.194 e. The maximum absolute atomic E-state index is 4.82. The largest absolute Gasteiger partial charge is 0.364 e. The molecule has 0 fully saturated rings. The van der Waals surface area contributed by atoms with Crippen LogP contribution in [0.5, 0.6) is 0 Å². The Balaban J connectivity index is 1.89.